The fraction of sp³-hybridized carbons (Fsp3) is 0.583. The van der Waals surface area contributed by atoms with Gasteiger partial charge in [-0.3, -0.25) is 9.00 Å². The highest BCUT2D eigenvalue weighted by molar-refractivity contribution is 7.86. The fourth-order valence-corrected chi connectivity index (χ4v) is 2.89. The van der Waals surface area contributed by atoms with Crippen LogP contribution in [0.4, 0.5) is 0 Å². The van der Waals surface area contributed by atoms with Crippen molar-refractivity contribution in [3.8, 4) is 0 Å². The van der Waals surface area contributed by atoms with Crippen molar-refractivity contribution in [3.05, 3.63) is 18.1 Å². The van der Waals surface area contributed by atoms with E-state index in [2.05, 4.69) is 0 Å². The first-order valence-electron chi connectivity index (χ1n) is 5.76. The van der Waals surface area contributed by atoms with Crippen LogP contribution in [-0.4, -0.2) is 33.4 Å². The monoisotopic (exact) mass is 257 g/mol. The molecule has 0 unspecified atom stereocenters. The third kappa shape index (κ3) is 2.97. The summed E-state index contributed by atoms with van der Waals surface area (Å²) in [7, 11) is -1.35. The van der Waals surface area contributed by atoms with E-state index in [4.69, 9.17) is 4.42 Å². The molecular weight excluding hydrogens is 238 g/mol. The smallest absolute Gasteiger partial charge is 0.238 e. The van der Waals surface area contributed by atoms with Crippen molar-refractivity contribution < 1.29 is 13.4 Å². The maximum absolute atomic E-state index is 12.2. The van der Waals surface area contributed by atoms with Crippen LogP contribution in [0.2, 0.25) is 0 Å². The Bertz CT molecular complexity index is 410. The number of aryl methyl sites for hydroxylation is 1. The third-order valence-corrected chi connectivity index (χ3v) is 4.47. The predicted octanol–water partition coefficient (Wildman–Crippen LogP) is 1.95. The lowest BCUT2D eigenvalue weighted by Crippen LogP contribution is -2.39. The van der Waals surface area contributed by atoms with Crippen LogP contribution in [0.5, 0.6) is 0 Å². The normalized spacial score (nSPS) is 14.4. The fourth-order valence-electron chi connectivity index (χ4n) is 1.66. The highest BCUT2D eigenvalue weighted by Crippen LogP contribution is 2.18. The maximum atomic E-state index is 12.2. The third-order valence-electron chi connectivity index (χ3n) is 2.77. The van der Waals surface area contributed by atoms with Crippen LogP contribution in [0.3, 0.4) is 0 Å². The van der Waals surface area contributed by atoms with Gasteiger partial charge in [0.15, 0.2) is 0 Å². The lowest BCUT2D eigenvalue weighted by molar-refractivity contribution is -0.129. The molecule has 0 saturated carbocycles. The molecule has 0 bridgehead atoms. The molecule has 1 aromatic rings. The van der Waals surface area contributed by atoms with Crippen LogP contribution >= 0.6 is 0 Å². The number of hydrogen-bond acceptors (Lipinski definition) is 3. The van der Waals surface area contributed by atoms with Crippen LogP contribution in [-0.2, 0) is 15.6 Å². The van der Waals surface area contributed by atoms with Gasteiger partial charge in [-0.15, -0.1) is 0 Å². The van der Waals surface area contributed by atoms with Crippen molar-refractivity contribution in [2.75, 3.05) is 13.1 Å². The largest absolute Gasteiger partial charge is 0.468 e. The first-order chi connectivity index (χ1) is 8.02. The number of carbonyl (C=O) groups excluding carboxylic acids is 1. The van der Waals surface area contributed by atoms with E-state index in [1.54, 1.807) is 24.8 Å². The van der Waals surface area contributed by atoms with E-state index in [1.165, 1.54) is 6.26 Å². The minimum Gasteiger partial charge on any atom is -0.468 e. The van der Waals surface area contributed by atoms with Gasteiger partial charge in [0.25, 0.3) is 0 Å². The molecule has 0 spiro atoms. The van der Waals surface area contributed by atoms with E-state index in [-0.39, 0.29) is 5.91 Å². The molecule has 4 nitrogen and oxygen atoms in total. The highest BCUT2D eigenvalue weighted by atomic mass is 32.2. The molecule has 0 aromatic carbocycles. The minimum absolute atomic E-state index is 0.0751. The average molecular weight is 257 g/mol. The standard InChI is InChI=1S/C12H19NO3S/c1-5-13(6-2)12(14)10(4)17(15)11-7-8-16-9(11)3/h7-8,10H,5-6H2,1-4H3/t10-,17+/m1/s1. The molecule has 17 heavy (non-hydrogen) atoms. The number of hydrogen-bond donors (Lipinski definition) is 0. The highest BCUT2D eigenvalue weighted by Gasteiger charge is 2.26. The number of carbonyl (C=O) groups is 1. The van der Waals surface area contributed by atoms with E-state index >= 15 is 0 Å². The first kappa shape index (κ1) is 14.0. The Morgan fingerprint density at radius 3 is 2.47 bits per heavy atom. The van der Waals surface area contributed by atoms with Crippen LogP contribution in [0.15, 0.2) is 21.6 Å². The summed E-state index contributed by atoms with van der Waals surface area (Å²) >= 11 is 0. The summed E-state index contributed by atoms with van der Waals surface area (Å²) in [6, 6.07) is 1.66. The van der Waals surface area contributed by atoms with Crippen molar-refractivity contribution in [2.24, 2.45) is 0 Å². The molecule has 2 atom stereocenters. The molecule has 5 heteroatoms. The Labute approximate surface area is 104 Å². The Hall–Kier alpha value is -1.10. The molecule has 0 N–H and O–H groups in total. The van der Waals surface area contributed by atoms with E-state index in [9.17, 15) is 9.00 Å². The summed E-state index contributed by atoms with van der Waals surface area (Å²) < 4.78 is 17.3. The SMILES string of the molecule is CCN(CC)C(=O)[C@@H](C)[S@](=O)c1ccoc1C. The number of rotatable bonds is 5. The van der Waals surface area contributed by atoms with Gasteiger partial charge in [-0.2, -0.15) is 0 Å². The van der Waals surface area contributed by atoms with Crippen LogP contribution < -0.4 is 0 Å². The van der Waals surface area contributed by atoms with E-state index < -0.39 is 16.0 Å². The average Bonchev–Trinajstić information content (AvgIpc) is 2.75. The zero-order valence-electron chi connectivity index (χ0n) is 10.7. The van der Waals surface area contributed by atoms with Crippen LogP contribution in [0, 0.1) is 6.92 Å². The van der Waals surface area contributed by atoms with Gasteiger partial charge >= 0.3 is 0 Å². The van der Waals surface area contributed by atoms with E-state index in [1.807, 2.05) is 13.8 Å². The van der Waals surface area contributed by atoms with Gasteiger partial charge in [0.05, 0.1) is 22.0 Å². The Kier molecular flexibility index (Phi) is 4.93. The minimum atomic E-state index is -1.35. The second-order valence-electron chi connectivity index (χ2n) is 3.79. The van der Waals surface area contributed by atoms with Gasteiger partial charge in [0.2, 0.25) is 5.91 Å². The lowest BCUT2D eigenvalue weighted by atomic mass is 10.4. The summed E-state index contributed by atoms with van der Waals surface area (Å²) in [4.78, 5) is 14.4. The lowest BCUT2D eigenvalue weighted by Gasteiger charge is -2.22. The number of furan rings is 1. The molecule has 1 rings (SSSR count). The van der Waals surface area contributed by atoms with Crippen molar-refractivity contribution in [3.63, 3.8) is 0 Å². The predicted molar refractivity (Wildman–Crippen MR) is 67.2 cm³/mol. The molecule has 1 aromatic heterocycles. The van der Waals surface area contributed by atoms with Crippen molar-refractivity contribution >= 4 is 16.7 Å². The molecule has 1 heterocycles. The van der Waals surface area contributed by atoms with Crippen molar-refractivity contribution in [1.82, 2.24) is 4.90 Å². The van der Waals surface area contributed by atoms with Crippen LogP contribution in [0.1, 0.15) is 26.5 Å². The van der Waals surface area contributed by atoms with E-state index in [0.717, 1.165) is 0 Å². The second-order valence-corrected chi connectivity index (χ2v) is 5.53. The Morgan fingerprint density at radius 1 is 1.47 bits per heavy atom. The van der Waals surface area contributed by atoms with Crippen molar-refractivity contribution in [2.45, 2.75) is 37.8 Å². The summed E-state index contributed by atoms with van der Waals surface area (Å²) in [5.41, 5.74) is 0. The Morgan fingerprint density at radius 2 is 2.06 bits per heavy atom. The zero-order chi connectivity index (χ0) is 13.0. The van der Waals surface area contributed by atoms with Crippen molar-refractivity contribution in [1.29, 1.82) is 0 Å². The molecule has 0 fully saturated rings. The van der Waals surface area contributed by atoms with Crippen LogP contribution in [0.25, 0.3) is 0 Å². The molecule has 1 amide bonds. The molecule has 0 radical (unpaired) electrons. The second kappa shape index (κ2) is 6.00. The maximum Gasteiger partial charge on any atom is 0.238 e. The topological polar surface area (TPSA) is 50.5 Å². The summed E-state index contributed by atoms with van der Waals surface area (Å²) in [6.07, 6.45) is 1.50. The molecule has 0 aliphatic heterocycles. The number of nitrogens with zero attached hydrogens (tertiary/aromatic N) is 1. The Balaban J connectivity index is 2.84. The van der Waals surface area contributed by atoms with Gasteiger partial charge in [-0.25, -0.2) is 0 Å². The molecule has 0 saturated heterocycles. The van der Waals surface area contributed by atoms with Gasteiger partial charge in [0.1, 0.15) is 11.0 Å². The van der Waals surface area contributed by atoms with Gasteiger partial charge < -0.3 is 9.32 Å². The quantitative estimate of drug-likeness (QED) is 0.810. The zero-order valence-corrected chi connectivity index (χ0v) is 11.5. The van der Waals surface area contributed by atoms with Gasteiger partial charge in [-0.1, -0.05) is 0 Å². The van der Waals surface area contributed by atoms with Gasteiger partial charge in [0, 0.05) is 13.1 Å². The summed E-state index contributed by atoms with van der Waals surface area (Å²) in [6.45, 7) is 8.56. The molecule has 0 aliphatic rings. The summed E-state index contributed by atoms with van der Waals surface area (Å²) in [5.74, 6) is 0.538. The molecule has 96 valence electrons. The molecule has 0 aliphatic carbocycles. The van der Waals surface area contributed by atoms with Gasteiger partial charge in [-0.05, 0) is 33.8 Å². The first-order valence-corrected chi connectivity index (χ1v) is 6.97. The molecular formula is C12H19NO3S. The summed E-state index contributed by atoms with van der Waals surface area (Å²) in [5, 5.41) is -0.536. The number of amides is 1. The van der Waals surface area contributed by atoms with E-state index in [0.29, 0.717) is 23.7 Å².